The van der Waals surface area contributed by atoms with Crippen LogP contribution in [0.2, 0.25) is 0 Å². The molecule has 0 amide bonds. The summed E-state index contributed by atoms with van der Waals surface area (Å²) in [7, 11) is 0. The normalized spacial score (nSPS) is 17.4. The van der Waals surface area contributed by atoms with Crippen molar-refractivity contribution in [3.05, 3.63) is 48.0 Å². The molecular weight excluding hydrogens is 262 g/mol. The standard InChI is InChI=1S/C16H19N5/c1-13-3-2-4-14(9-13)20-5-7-21(8-6-20)16(10-17)15-11-18-12-19-15/h2-4,9,11-12,16H,5-8H2,1H3,(H,18,19). The van der Waals surface area contributed by atoms with Crippen LogP contribution >= 0.6 is 0 Å². The van der Waals surface area contributed by atoms with Gasteiger partial charge in [0.25, 0.3) is 0 Å². The average Bonchev–Trinajstić information content (AvgIpc) is 3.03. The highest BCUT2D eigenvalue weighted by atomic mass is 15.3. The molecule has 0 radical (unpaired) electrons. The van der Waals surface area contributed by atoms with Crippen LogP contribution in [0.3, 0.4) is 0 Å². The maximum atomic E-state index is 9.42. The minimum Gasteiger partial charge on any atom is -0.369 e. The Morgan fingerprint density at radius 2 is 2.10 bits per heavy atom. The number of hydrogen-bond donors (Lipinski definition) is 1. The van der Waals surface area contributed by atoms with Crippen LogP contribution in [-0.4, -0.2) is 41.0 Å². The third-order valence-electron chi connectivity index (χ3n) is 3.98. The highest BCUT2D eigenvalue weighted by Crippen LogP contribution is 2.22. The van der Waals surface area contributed by atoms with Gasteiger partial charge in [-0.25, -0.2) is 4.98 Å². The lowest BCUT2D eigenvalue weighted by molar-refractivity contribution is 0.219. The third kappa shape index (κ3) is 2.91. The first-order valence-electron chi connectivity index (χ1n) is 7.21. The van der Waals surface area contributed by atoms with Gasteiger partial charge in [0.15, 0.2) is 0 Å². The van der Waals surface area contributed by atoms with Gasteiger partial charge >= 0.3 is 0 Å². The van der Waals surface area contributed by atoms with Gasteiger partial charge in [0.2, 0.25) is 0 Å². The van der Waals surface area contributed by atoms with E-state index in [4.69, 9.17) is 0 Å². The number of nitrogens with one attached hydrogen (secondary N) is 1. The van der Waals surface area contributed by atoms with Gasteiger partial charge in [0.05, 0.1) is 24.3 Å². The lowest BCUT2D eigenvalue weighted by Crippen LogP contribution is -2.47. The summed E-state index contributed by atoms with van der Waals surface area (Å²) in [5.74, 6) is 0. The summed E-state index contributed by atoms with van der Waals surface area (Å²) in [5, 5.41) is 9.42. The molecule has 5 nitrogen and oxygen atoms in total. The molecule has 1 N–H and O–H groups in total. The zero-order valence-electron chi connectivity index (χ0n) is 12.2. The molecule has 1 unspecified atom stereocenters. The molecule has 1 aliphatic rings. The third-order valence-corrected chi connectivity index (χ3v) is 3.98. The Labute approximate surface area is 124 Å². The van der Waals surface area contributed by atoms with Crippen LogP contribution in [0.4, 0.5) is 5.69 Å². The van der Waals surface area contributed by atoms with Gasteiger partial charge in [-0.3, -0.25) is 4.90 Å². The number of nitrogens with zero attached hydrogens (tertiary/aromatic N) is 4. The number of aromatic nitrogens is 2. The molecule has 0 aliphatic carbocycles. The van der Waals surface area contributed by atoms with E-state index in [-0.39, 0.29) is 6.04 Å². The van der Waals surface area contributed by atoms with Crippen LogP contribution in [0.15, 0.2) is 36.8 Å². The zero-order chi connectivity index (χ0) is 14.7. The summed E-state index contributed by atoms with van der Waals surface area (Å²) >= 11 is 0. The molecule has 0 saturated carbocycles. The van der Waals surface area contributed by atoms with Crippen LogP contribution < -0.4 is 4.90 Å². The number of rotatable bonds is 3. The number of hydrogen-bond acceptors (Lipinski definition) is 4. The van der Waals surface area contributed by atoms with Crippen LogP contribution in [0, 0.1) is 18.3 Å². The SMILES string of the molecule is Cc1cccc(N2CCN(C(C#N)c3cnc[nH]3)CC2)c1. The Balaban J connectivity index is 1.66. The minimum atomic E-state index is -0.229. The Hall–Kier alpha value is -2.32. The molecule has 1 aromatic carbocycles. The van der Waals surface area contributed by atoms with Crippen LogP contribution in [0.1, 0.15) is 17.3 Å². The van der Waals surface area contributed by atoms with Gasteiger partial charge in [-0.1, -0.05) is 12.1 Å². The molecule has 2 heterocycles. The maximum Gasteiger partial charge on any atom is 0.140 e. The Bertz CT molecular complexity index is 620. The lowest BCUT2D eigenvalue weighted by atomic mass is 10.1. The number of H-pyrrole nitrogens is 1. The molecule has 21 heavy (non-hydrogen) atoms. The molecule has 5 heteroatoms. The topological polar surface area (TPSA) is 58.9 Å². The summed E-state index contributed by atoms with van der Waals surface area (Å²) < 4.78 is 0. The second-order valence-corrected chi connectivity index (χ2v) is 5.40. The Kier molecular flexibility index (Phi) is 3.89. The quantitative estimate of drug-likeness (QED) is 0.936. The minimum absolute atomic E-state index is 0.229. The molecule has 0 spiro atoms. The highest BCUT2D eigenvalue weighted by Gasteiger charge is 2.25. The second-order valence-electron chi connectivity index (χ2n) is 5.40. The predicted octanol–water partition coefficient (Wildman–Crippen LogP) is 2.10. The fraction of sp³-hybridized carbons (Fsp3) is 0.375. The van der Waals surface area contributed by atoms with Crippen molar-refractivity contribution in [2.24, 2.45) is 0 Å². The van der Waals surface area contributed by atoms with Crippen molar-refractivity contribution >= 4 is 5.69 Å². The van der Waals surface area contributed by atoms with E-state index < -0.39 is 0 Å². The molecular formula is C16H19N5. The molecule has 1 aromatic heterocycles. The van der Waals surface area contributed by atoms with Gasteiger partial charge in [-0.2, -0.15) is 5.26 Å². The van der Waals surface area contributed by atoms with Crippen molar-refractivity contribution in [3.63, 3.8) is 0 Å². The van der Waals surface area contributed by atoms with Gasteiger partial charge < -0.3 is 9.88 Å². The molecule has 108 valence electrons. The number of aryl methyl sites for hydroxylation is 1. The smallest absolute Gasteiger partial charge is 0.140 e. The van der Waals surface area contributed by atoms with E-state index in [0.29, 0.717) is 0 Å². The molecule has 1 saturated heterocycles. The van der Waals surface area contributed by atoms with Crippen molar-refractivity contribution in [1.29, 1.82) is 5.26 Å². The van der Waals surface area contributed by atoms with E-state index in [2.05, 4.69) is 57.0 Å². The molecule has 1 atom stereocenters. The molecule has 1 aliphatic heterocycles. The molecule has 1 fully saturated rings. The van der Waals surface area contributed by atoms with E-state index in [9.17, 15) is 5.26 Å². The maximum absolute atomic E-state index is 9.42. The number of aromatic amines is 1. The Morgan fingerprint density at radius 3 is 2.71 bits per heavy atom. The largest absolute Gasteiger partial charge is 0.369 e. The fourth-order valence-corrected chi connectivity index (χ4v) is 2.83. The Morgan fingerprint density at radius 1 is 1.29 bits per heavy atom. The number of nitriles is 1. The molecule has 3 rings (SSSR count). The second kappa shape index (κ2) is 5.98. The van der Waals surface area contributed by atoms with Crippen molar-refractivity contribution in [1.82, 2.24) is 14.9 Å². The predicted molar refractivity (Wildman–Crippen MR) is 81.9 cm³/mol. The van der Waals surface area contributed by atoms with Crippen molar-refractivity contribution in [2.45, 2.75) is 13.0 Å². The van der Waals surface area contributed by atoms with Gasteiger partial charge in [0, 0.05) is 31.9 Å². The fourth-order valence-electron chi connectivity index (χ4n) is 2.83. The van der Waals surface area contributed by atoms with E-state index >= 15 is 0 Å². The van der Waals surface area contributed by atoms with Crippen LogP contribution in [0.25, 0.3) is 0 Å². The first-order chi connectivity index (χ1) is 10.3. The monoisotopic (exact) mass is 281 g/mol. The highest BCUT2D eigenvalue weighted by molar-refractivity contribution is 5.48. The summed E-state index contributed by atoms with van der Waals surface area (Å²) in [6.07, 6.45) is 3.36. The van der Waals surface area contributed by atoms with Crippen LogP contribution in [0.5, 0.6) is 0 Å². The van der Waals surface area contributed by atoms with E-state index in [1.807, 2.05) is 0 Å². The van der Waals surface area contributed by atoms with Crippen molar-refractivity contribution in [3.8, 4) is 6.07 Å². The number of benzene rings is 1. The van der Waals surface area contributed by atoms with E-state index in [1.165, 1.54) is 11.3 Å². The van der Waals surface area contributed by atoms with Gasteiger partial charge in [0.1, 0.15) is 6.04 Å². The summed E-state index contributed by atoms with van der Waals surface area (Å²) in [6, 6.07) is 10.7. The first-order valence-corrected chi connectivity index (χ1v) is 7.21. The van der Waals surface area contributed by atoms with Crippen LogP contribution in [-0.2, 0) is 0 Å². The first kappa shape index (κ1) is 13.7. The summed E-state index contributed by atoms with van der Waals surface area (Å²) in [6.45, 7) is 5.76. The molecule has 2 aromatic rings. The van der Waals surface area contributed by atoms with Crippen molar-refractivity contribution < 1.29 is 0 Å². The van der Waals surface area contributed by atoms with Gasteiger partial charge in [-0.15, -0.1) is 0 Å². The average molecular weight is 281 g/mol. The number of anilines is 1. The summed E-state index contributed by atoms with van der Waals surface area (Å²) in [4.78, 5) is 11.6. The summed E-state index contributed by atoms with van der Waals surface area (Å²) in [5.41, 5.74) is 3.42. The van der Waals surface area contributed by atoms with Gasteiger partial charge in [-0.05, 0) is 24.6 Å². The zero-order valence-corrected chi connectivity index (χ0v) is 12.2. The van der Waals surface area contributed by atoms with Crippen molar-refractivity contribution in [2.75, 3.05) is 31.1 Å². The lowest BCUT2D eigenvalue weighted by Gasteiger charge is -2.37. The molecule has 0 bridgehead atoms. The number of imidazole rings is 1. The van der Waals surface area contributed by atoms with E-state index in [1.54, 1.807) is 12.5 Å². The van der Waals surface area contributed by atoms with E-state index in [0.717, 1.165) is 31.9 Å². The number of piperazine rings is 1.